The van der Waals surface area contributed by atoms with Crippen LogP contribution in [0.25, 0.3) is 0 Å². The number of amides is 3. The molecule has 0 saturated heterocycles. The van der Waals surface area contributed by atoms with E-state index in [-0.39, 0.29) is 0 Å². The number of phenolic OH excluding ortho intramolecular Hbond substituents is 2. The summed E-state index contributed by atoms with van der Waals surface area (Å²) in [7, 11) is 0. The van der Waals surface area contributed by atoms with Gasteiger partial charge in [-0.1, -0.05) is 11.6 Å². The van der Waals surface area contributed by atoms with Gasteiger partial charge in [0.1, 0.15) is 12.1 Å². The number of aromatic hydroxyl groups is 2. The van der Waals surface area contributed by atoms with Gasteiger partial charge in [0.2, 0.25) is 5.75 Å². The fraction of sp³-hybridized carbons (Fsp3) is 0.200. The Hall–Kier alpha value is -2.76. The molecule has 3 amide bonds. The van der Waals surface area contributed by atoms with Crippen molar-refractivity contribution in [2.45, 2.75) is 6.18 Å². The molecule has 0 spiro atoms. The zero-order chi connectivity index (χ0) is 17.9. The summed E-state index contributed by atoms with van der Waals surface area (Å²) in [6, 6.07) is -1.00. The average Bonchev–Trinajstić information content (AvgIpc) is 2.38. The number of carbonyl (C=O) groups is 2. The van der Waals surface area contributed by atoms with Gasteiger partial charge in [0.05, 0.1) is 9.95 Å². The van der Waals surface area contributed by atoms with Crippen molar-refractivity contribution in [3.63, 3.8) is 0 Å². The van der Waals surface area contributed by atoms with Crippen molar-refractivity contribution in [1.82, 2.24) is 10.6 Å². The highest BCUT2D eigenvalue weighted by Crippen LogP contribution is 2.41. The van der Waals surface area contributed by atoms with Gasteiger partial charge in [-0.25, -0.2) is 4.79 Å². The Balaban J connectivity index is 3.07. The number of phenols is 2. The van der Waals surface area contributed by atoms with Gasteiger partial charge >= 0.3 is 17.9 Å². The van der Waals surface area contributed by atoms with Gasteiger partial charge in [0, 0.05) is 6.07 Å². The Morgan fingerprint density at radius 3 is 2.39 bits per heavy atom. The van der Waals surface area contributed by atoms with Gasteiger partial charge in [0.15, 0.2) is 5.75 Å². The van der Waals surface area contributed by atoms with E-state index in [1.165, 1.54) is 10.6 Å². The molecule has 1 aromatic carbocycles. The number of urea groups is 1. The van der Waals surface area contributed by atoms with Crippen molar-refractivity contribution in [2.24, 2.45) is 0 Å². The van der Waals surface area contributed by atoms with Crippen LogP contribution in [-0.2, 0) is 0 Å². The van der Waals surface area contributed by atoms with Crippen LogP contribution >= 0.6 is 11.6 Å². The third kappa shape index (κ3) is 4.60. The van der Waals surface area contributed by atoms with Crippen LogP contribution < -0.4 is 10.6 Å². The van der Waals surface area contributed by atoms with E-state index in [0.717, 1.165) is 0 Å². The van der Waals surface area contributed by atoms with Crippen LogP contribution in [0.3, 0.4) is 0 Å². The maximum absolute atomic E-state index is 11.9. The Bertz CT molecular complexity index is 679. The lowest BCUT2D eigenvalue weighted by molar-refractivity contribution is -0.386. The van der Waals surface area contributed by atoms with Crippen LogP contribution in [0.2, 0.25) is 5.02 Å². The van der Waals surface area contributed by atoms with E-state index in [1.807, 2.05) is 0 Å². The van der Waals surface area contributed by atoms with Gasteiger partial charge < -0.3 is 15.5 Å². The summed E-state index contributed by atoms with van der Waals surface area (Å²) in [5.41, 5.74) is -2.31. The quantitative estimate of drug-likeness (QED) is 0.368. The molecule has 0 aliphatic carbocycles. The van der Waals surface area contributed by atoms with Crippen molar-refractivity contribution in [3.05, 3.63) is 26.8 Å². The Labute approximate surface area is 129 Å². The molecule has 0 heterocycles. The molecule has 9 nitrogen and oxygen atoms in total. The summed E-state index contributed by atoms with van der Waals surface area (Å²) in [4.78, 5) is 32.5. The molecular formula is C10H7ClF3N3O6. The summed E-state index contributed by atoms with van der Waals surface area (Å²) >= 11 is 5.53. The summed E-state index contributed by atoms with van der Waals surface area (Å²) in [6.07, 6.45) is -4.74. The SMILES string of the molecule is O=C(NCC(F)(F)F)NC(=O)c1c(Cl)cc(O)c(O)c1[N+](=O)[O-]. The number of nitrogens with zero attached hydrogens (tertiary/aromatic N) is 1. The molecule has 126 valence electrons. The highest BCUT2D eigenvalue weighted by Gasteiger charge is 2.32. The standard InChI is InChI=1S/C10H7ClF3N3O6/c11-3-1-4(18)7(19)6(17(22)23)5(3)8(20)16-9(21)15-2-10(12,13)14/h1,18-19H,2H2,(H2,15,16,20,21). The van der Waals surface area contributed by atoms with E-state index in [9.17, 15) is 43.1 Å². The Morgan fingerprint density at radius 1 is 1.35 bits per heavy atom. The number of hydrogen-bond acceptors (Lipinski definition) is 6. The Kier molecular flexibility index (Phi) is 5.22. The summed E-state index contributed by atoms with van der Waals surface area (Å²) < 4.78 is 35.7. The van der Waals surface area contributed by atoms with Gasteiger partial charge in [-0.15, -0.1) is 0 Å². The van der Waals surface area contributed by atoms with E-state index < -0.39 is 57.4 Å². The number of nitrogens with one attached hydrogen (secondary N) is 2. The monoisotopic (exact) mass is 357 g/mol. The van der Waals surface area contributed by atoms with Crippen LogP contribution in [0.15, 0.2) is 6.07 Å². The minimum absolute atomic E-state index is 0.590. The van der Waals surface area contributed by atoms with Crippen molar-refractivity contribution >= 4 is 29.2 Å². The Morgan fingerprint density at radius 2 is 1.91 bits per heavy atom. The predicted molar refractivity (Wildman–Crippen MR) is 68.4 cm³/mol. The fourth-order valence-electron chi connectivity index (χ4n) is 1.40. The van der Waals surface area contributed by atoms with Crippen LogP contribution in [0.4, 0.5) is 23.7 Å². The summed E-state index contributed by atoms with van der Waals surface area (Å²) in [5.74, 6) is -3.84. The zero-order valence-electron chi connectivity index (χ0n) is 10.8. The normalized spacial score (nSPS) is 11.0. The average molecular weight is 358 g/mol. The van der Waals surface area contributed by atoms with E-state index in [2.05, 4.69) is 0 Å². The molecular weight excluding hydrogens is 351 g/mol. The molecule has 0 aliphatic rings. The second-order valence-electron chi connectivity index (χ2n) is 3.96. The minimum Gasteiger partial charge on any atom is -0.504 e. The largest absolute Gasteiger partial charge is 0.504 e. The van der Waals surface area contributed by atoms with Gasteiger partial charge in [-0.05, 0) is 0 Å². The molecule has 1 aromatic rings. The van der Waals surface area contributed by atoms with E-state index in [4.69, 9.17) is 11.6 Å². The topological polar surface area (TPSA) is 142 Å². The first-order chi connectivity index (χ1) is 10.4. The van der Waals surface area contributed by atoms with Gasteiger partial charge in [-0.2, -0.15) is 13.2 Å². The maximum Gasteiger partial charge on any atom is 0.405 e. The molecule has 23 heavy (non-hydrogen) atoms. The van der Waals surface area contributed by atoms with Crippen molar-refractivity contribution in [1.29, 1.82) is 0 Å². The summed E-state index contributed by atoms with van der Waals surface area (Å²) in [6.45, 7) is -1.75. The second-order valence-corrected chi connectivity index (χ2v) is 4.37. The highest BCUT2D eigenvalue weighted by molar-refractivity contribution is 6.35. The maximum atomic E-state index is 11.9. The number of nitro groups is 1. The third-order valence-corrected chi connectivity index (χ3v) is 2.59. The number of halogens is 4. The summed E-state index contributed by atoms with van der Waals surface area (Å²) in [5, 5.41) is 31.4. The predicted octanol–water partition coefficient (Wildman–Crippen LogP) is 1.66. The lowest BCUT2D eigenvalue weighted by atomic mass is 10.1. The van der Waals surface area contributed by atoms with Crippen LogP contribution in [0.1, 0.15) is 10.4 Å². The number of alkyl halides is 3. The first-order valence-electron chi connectivity index (χ1n) is 5.48. The highest BCUT2D eigenvalue weighted by atomic mass is 35.5. The molecule has 13 heteroatoms. The zero-order valence-corrected chi connectivity index (χ0v) is 11.5. The number of benzene rings is 1. The van der Waals surface area contributed by atoms with Crippen molar-refractivity contribution < 1.29 is 37.9 Å². The van der Waals surface area contributed by atoms with Gasteiger partial charge in [-0.3, -0.25) is 20.2 Å². The first-order valence-corrected chi connectivity index (χ1v) is 5.86. The molecule has 0 radical (unpaired) electrons. The number of carbonyl (C=O) groups excluding carboxylic acids is 2. The minimum atomic E-state index is -4.74. The van der Waals surface area contributed by atoms with Crippen molar-refractivity contribution in [3.8, 4) is 11.5 Å². The van der Waals surface area contributed by atoms with Crippen molar-refractivity contribution in [2.75, 3.05) is 6.54 Å². The van der Waals surface area contributed by atoms with E-state index in [0.29, 0.717) is 6.07 Å². The second kappa shape index (κ2) is 6.56. The molecule has 0 aromatic heterocycles. The lowest BCUT2D eigenvalue weighted by Gasteiger charge is -2.10. The smallest absolute Gasteiger partial charge is 0.405 e. The van der Waals surface area contributed by atoms with Gasteiger partial charge in [0.25, 0.3) is 5.91 Å². The lowest BCUT2D eigenvalue weighted by Crippen LogP contribution is -2.43. The number of imide groups is 1. The third-order valence-electron chi connectivity index (χ3n) is 2.29. The molecule has 0 aliphatic heterocycles. The van der Waals surface area contributed by atoms with E-state index in [1.54, 1.807) is 0 Å². The molecule has 4 N–H and O–H groups in total. The van der Waals surface area contributed by atoms with Crippen LogP contribution in [0.5, 0.6) is 11.5 Å². The van der Waals surface area contributed by atoms with Crippen LogP contribution in [-0.4, -0.2) is 39.8 Å². The number of rotatable bonds is 3. The van der Waals surface area contributed by atoms with Crippen LogP contribution in [0, 0.1) is 10.1 Å². The molecule has 1 rings (SSSR count). The molecule has 0 bridgehead atoms. The van der Waals surface area contributed by atoms with E-state index >= 15 is 0 Å². The number of hydrogen-bond donors (Lipinski definition) is 4. The molecule has 0 saturated carbocycles. The molecule has 0 fully saturated rings. The first kappa shape index (κ1) is 18.3. The molecule has 0 atom stereocenters. The fourth-order valence-corrected chi connectivity index (χ4v) is 1.68. The number of nitro benzene ring substituents is 1. The molecule has 0 unspecified atom stereocenters.